The molecule has 10 rings (SSSR count). The van der Waals surface area contributed by atoms with Crippen LogP contribution in [0.3, 0.4) is 0 Å². The Balaban J connectivity index is 1.25. The second-order valence-corrected chi connectivity index (χ2v) is 14.2. The molecule has 0 unspecified atom stereocenters. The van der Waals surface area contributed by atoms with Crippen LogP contribution < -0.4 is 4.90 Å². The molecule has 0 aliphatic rings. The second-order valence-electron chi connectivity index (χ2n) is 13.2. The van der Waals surface area contributed by atoms with Gasteiger partial charge in [-0.2, -0.15) is 0 Å². The molecule has 10 aromatic rings. The summed E-state index contributed by atoms with van der Waals surface area (Å²) in [6.45, 7) is 0. The molecule has 0 aliphatic heterocycles. The molecular weight excluding hydrogens is 649 g/mol. The lowest BCUT2D eigenvalue weighted by Crippen LogP contribution is -2.10. The molecular formula is C49H32N2S. The standard InChI is InChI=1S/C49H32N2S/c1-4-13-33(14-5-1)34-23-25-36(26-24-34)43-31-38-27-30-45-48(52-49(50-45)37-16-6-2-7-17-37)47(38)44-32-40(28-29-42(43)44)51(39-19-8-3-9-20-39)46-22-12-18-35-15-10-11-21-41(35)46/h1-32H. The maximum absolute atomic E-state index is 5.15. The van der Waals surface area contributed by atoms with Crippen molar-refractivity contribution in [2.75, 3.05) is 4.90 Å². The number of thiazole rings is 1. The number of anilines is 3. The molecule has 0 saturated heterocycles. The molecule has 52 heavy (non-hydrogen) atoms. The Bertz CT molecular complexity index is 2870. The van der Waals surface area contributed by atoms with Gasteiger partial charge in [0.2, 0.25) is 0 Å². The van der Waals surface area contributed by atoms with Crippen LogP contribution in [0.4, 0.5) is 17.1 Å². The van der Waals surface area contributed by atoms with Crippen molar-refractivity contribution < 1.29 is 0 Å². The summed E-state index contributed by atoms with van der Waals surface area (Å²) in [6.07, 6.45) is 0. The zero-order valence-electron chi connectivity index (χ0n) is 28.3. The highest BCUT2D eigenvalue weighted by Gasteiger charge is 2.19. The third-order valence-corrected chi connectivity index (χ3v) is 11.2. The first-order chi connectivity index (χ1) is 25.8. The minimum Gasteiger partial charge on any atom is -0.310 e. The van der Waals surface area contributed by atoms with E-state index in [1.165, 1.54) is 59.3 Å². The number of hydrogen-bond donors (Lipinski definition) is 0. The van der Waals surface area contributed by atoms with Crippen LogP contribution in [0, 0.1) is 0 Å². The Morgan fingerprint density at radius 3 is 1.85 bits per heavy atom. The minimum absolute atomic E-state index is 1.02. The number of hydrogen-bond acceptors (Lipinski definition) is 3. The van der Waals surface area contributed by atoms with E-state index < -0.39 is 0 Å². The van der Waals surface area contributed by atoms with Crippen LogP contribution in [-0.4, -0.2) is 4.98 Å². The summed E-state index contributed by atoms with van der Waals surface area (Å²) in [7, 11) is 0. The van der Waals surface area contributed by atoms with Crippen molar-refractivity contribution in [3.8, 4) is 32.8 Å². The van der Waals surface area contributed by atoms with Gasteiger partial charge in [0.25, 0.3) is 0 Å². The van der Waals surface area contributed by atoms with Crippen LogP contribution in [0.1, 0.15) is 0 Å². The Hall–Kier alpha value is -6.55. The summed E-state index contributed by atoms with van der Waals surface area (Å²) in [4.78, 5) is 7.55. The average Bonchev–Trinajstić information content (AvgIpc) is 3.67. The first-order valence-corrected chi connectivity index (χ1v) is 18.4. The lowest BCUT2D eigenvalue weighted by atomic mass is 9.91. The van der Waals surface area contributed by atoms with Gasteiger partial charge in [-0.15, -0.1) is 11.3 Å². The number of nitrogens with zero attached hydrogens (tertiary/aromatic N) is 2. The molecule has 0 bridgehead atoms. The summed E-state index contributed by atoms with van der Waals surface area (Å²) in [5.74, 6) is 0. The van der Waals surface area contributed by atoms with E-state index in [2.05, 4.69) is 199 Å². The van der Waals surface area contributed by atoms with E-state index in [0.29, 0.717) is 0 Å². The molecule has 1 aromatic heterocycles. The Morgan fingerprint density at radius 1 is 0.404 bits per heavy atom. The number of aromatic nitrogens is 1. The number of rotatable bonds is 6. The van der Waals surface area contributed by atoms with Crippen LogP contribution in [0.25, 0.3) is 75.4 Å². The molecule has 0 radical (unpaired) electrons. The first kappa shape index (κ1) is 30.3. The third kappa shape index (κ3) is 5.22. The molecule has 2 nitrogen and oxygen atoms in total. The summed E-state index contributed by atoms with van der Waals surface area (Å²) >= 11 is 1.78. The van der Waals surface area contributed by atoms with Crippen molar-refractivity contribution in [1.82, 2.24) is 4.98 Å². The van der Waals surface area contributed by atoms with E-state index in [1.807, 2.05) is 0 Å². The lowest BCUT2D eigenvalue weighted by Gasteiger charge is -2.27. The van der Waals surface area contributed by atoms with Crippen molar-refractivity contribution >= 4 is 70.9 Å². The Labute approximate surface area is 306 Å². The van der Waals surface area contributed by atoms with Gasteiger partial charge in [0.05, 0.1) is 15.9 Å². The summed E-state index contributed by atoms with van der Waals surface area (Å²) in [5.41, 5.74) is 10.4. The third-order valence-electron chi connectivity index (χ3n) is 10.1. The van der Waals surface area contributed by atoms with Crippen molar-refractivity contribution in [1.29, 1.82) is 0 Å². The highest BCUT2D eigenvalue weighted by molar-refractivity contribution is 7.22. The van der Waals surface area contributed by atoms with E-state index in [0.717, 1.165) is 33.1 Å². The quantitative estimate of drug-likeness (QED) is 0.163. The van der Waals surface area contributed by atoms with Gasteiger partial charge in [0.15, 0.2) is 0 Å². The monoisotopic (exact) mass is 680 g/mol. The van der Waals surface area contributed by atoms with Gasteiger partial charge in [-0.1, -0.05) is 152 Å². The number of fused-ring (bicyclic) bond motifs is 6. The molecule has 0 N–H and O–H groups in total. The molecule has 0 fully saturated rings. The van der Waals surface area contributed by atoms with Crippen LogP contribution in [0.15, 0.2) is 194 Å². The minimum atomic E-state index is 1.02. The molecule has 9 aromatic carbocycles. The van der Waals surface area contributed by atoms with Gasteiger partial charge in [0, 0.05) is 27.7 Å². The molecule has 244 valence electrons. The van der Waals surface area contributed by atoms with Crippen LogP contribution in [0.2, 0.25) is 0 Å². The van der Waals surface area contributed by atoms with Gasteiger partial charge >= 0.3 is 0 Å². The maximum atomic E-state index is 5.15. The molecule has 0 amide bonds. The zero-order chi connectivity index (χ0) is 34.4. The van der Waals surface area contributed by atoms with E-state index in [4.69, 9.17) is 4.98 Å². The highest BCUT2D eigenvalue weighted by atomic mass is 32.1. The van der Waals surface area contributed by atoms with Gasteiger partial charge < -0.3 is 4.90 Å². The van der Waals surface area contributed by atoms with Gasteiger partial charge in [-0.25, -0.2) is 4.98 Å². The topological polar surface area (TPSA) is 16.1 Å². The van der Waals surface area contributed by atoms with E-state index >= 15 is 0 Å². The van der Waals surface area contributed by atoms with Crippen molar-refractivity contribution in [2.45, 2.75) is 0 Å². The maximum Gasteiger partial charge on any atom is 0.124 e. The van der Waals surface area contributed by atoms with Gasteiger partial charge in [-0.3, -0.25) is 0 Å². The average molecular weight is 681 g/mol. The number of benzene rings is 9. The Kier molecular flexibility index (Phi) is 7.37. The predicted octanol–water partition coefficient (Wildman–Crippen LogP) is 14.2. The van der Waals surface area contributed by atoms with Crippen molar-refractivity contribution in [3.05, 3.63) is 194 Å². The van der Waals surface area contributed by atoms with E-state index in [9.17, 15) is 0 Å². The fraction of sp³-hybridized carbons (Fsp3) is 0. The first-order valence-electron chi connectivity index (χ1n) is 17.6. The number of para-hydroxylation sites is 1. The second kappa shape index (κ2) is 12.6. The van der Waals surface area contributed by atoms with Crippen molar-refractivity contribution in [2.24, 2.45) is 0 Å². The van der Waals surface area contributed by atoms with Crippen LogP contribution in [0.5, 0.6) is 0 Å². The normalized spacial score (nSPS) is 11.5. The predicted molar refractivity (Wildman–Crippen MR) is 223 cm³/mol. The molecule has 1 heterocycles. The van der Waals surface area contributed by atoms with E-state index in [-0.39, 0.29) is 0 Å². The fourth-order valence-electron chi connectivity index (χ4n) is 7.58. The molecule has 3 heteroatoms. The van der Waals surface area contributed by atoms with Crippen molar-refractivity contribution in [3.63, 3.8) is 0 Å². The zero-order valence-corrected chi connectivity index (χ0v) is 29.1. The smallest absolute Gasteiger partial charge is 0.124 e. The molecule has 0 atom stereocenters. The highest BCUT2D eigenvalue weighted by Crippen LogP contribution is 2.45. The Morgan fingerprint density at radius 2 is 1.06 bits per heavy atom. The lowest BCUT2D eigenvalue weighted by molar-refractivity contribution is 1.30. The fourth-order valence-corrected chi connectivity index (χ4v) is 8.71. The molecule has 0 aliphatic carbocycles. The largest absolute Gasteiger partial charge is 0.310 e. The molecule has 0 saturated carbocycles. The van der Waals surface area contributed by atoms with Crippen LogP contribution >= 0.6 is 11.3 Å². The summed E-state index contributed by atoms with van der Waals surface area (Å²) in [6, 6.07) is 69.9. The summed E-state index contributed by atoms with van der Waals surface area (Å²) in [5, 5.41) is 8.35. The SMILES string of the molecule is c1ccc(-c2ccc(-c3cc4ccc5nc(-c6ccccc6)sc5c4c4cc(N(c5ccccc5)c5cccc6ccccc56)ccc34)cc2)cc1. The molecule has 0 spiro atoms. The summed E-state index contributed by atoms with van der Waals surface area (Å²) < 4.78 is 1.21. The van der Waals surface area contributed by atoms with Crippen LogP contribution in [-0.2, 0) is 0 Å². The van der Waals surface area contributed by atoms with E-state index in [1.54, 1.807) is 11.3 Å². The van der Waals surface area contributed by atoms with Gasteiger partial charge in [-0.05, 0) is 86.3 Å². The van der Waals surface area contributed by atoms with Gasteiger partial charge in [0.1, 0.15) is 5.01 Å².